The van der Waals surface area contributed by atoms with Gasteiger partial charge >= 0.3 is 6.61 Å². The molecule has 0 spiro atoms. The average molecular weight is 523 g/mol. The van der Waals surface area contributed by atoms with Gasteiger partial charge in [-0.05, 0) is 24.1 Å². The van der Waals surface area contributed by atoms with Crippen LogP contribution in [-0.2, 0) is 19.6 Å². The maximum atomic E-state index is 12.6. The van der Waals surface area contributed by atoms with Crippen molar-refractivity contribution in [1.82, 2.24) is 20.2 Å². The molecule has 2 N–H and O–H groups in total. The summed E-state index contributed by atoms with van der Waals surface area (Å²) in [5.41, 5.74) is 0.531. The molecule has 0 bridgehead atoms. The summed E-state index contributed by atoms with van der Waals surface area (Å²) in [6.07, 6.45) is 3.71. The lowest BCUT2D eigenvalue weighted by Crippen LogP contribution is -2.37. The molecular weight excluding hydrogens is 495 g/mol. The first-order valence-corrected chi connectivity index (χ1v) is 8.99. The molecule has 162 valence electrons. The molecule has 1 aromatic carbocycles. The smallest absolute Gasteiger partial charge is 0.387 e. The fraction of sp³-hybridized carbons (Fsp3) is 0.474. The highest BCUT2D eigenvalue weighted by molar-refractivity contribution is 14.0. The quantitative estimate of drug-likeness (QED) is 0.299. The maximum absolute atomic E-state index is 12.6. The van der Waals surface area contributed by atoms with Crippen LogP contribution in [0.4, 0.5) is 8.78 Å². The number of aliphatic imine (C=N–C) groups is 1. The SMILES string of the molecule is CN=C(NCc1cc(OC)ccc1OC(F)F)NCc1nccn1CC(C)C.I. The van der Waals surface area contributed by atoms with Crippen molar-refractivity contribution in [2.45, 2.75) is 40.1 Å². The zero-order chi connectivity index (χ0) is 20.5. The van der Waals surface area contributed by atoms with Crippen LogP contribution in [0.15, 0.2) is 35.6 Å². The van der Waals surface area contributed by atoms with Gasteiger partial charge in [0.25, 0.3) is 0 Å². The second kappa shape index (κ2) is 12.5. The average Bonchev–Trinajstić information content (AvgIpc) is 3.08. The van der Waals surface area contributed by atoms with Crippen LogP contribution < -0.4 is 20.1 Å². The van der Waals surface area contributed by atoms with Gasteiger partial charge in [0.15, 0.2) is 5.96 Å². The molecule has 2 aromatic rings. The summed E-state index contributed by atoms with van der Waals surface area (Å²) in [5, 5.41) is 6.27. The number of ether oxygens (including phenoxy) is 2. The van der Waals surface area contributed by atoms with Gasteiger partial charge in [0.2, 0.25) is 0 Å². The van der Waals surface area contributed by atoms with Crippen molar-refractivity contribution in [3.63, 3.8) is 0 Å². The van der Waals surface area contributed by atoms with Gasteiger partial charge in [0.05, 0.1) is 13.7 Å². The van der Waals surface area contributed by atoms with Crippen LogP contribution in [0.1, 0.15) is 25.2 Å². The van der Waals surface area contributed by atoms with E-state index in [1.165, 1.54) is 13.2 Å². The fourth-order valence-electron chi connectivity index (χ4n) is 2.66. The number of methoxy groups -OCH3 is 1. The van der Waals surface area contributed by atoms with Gasteiger partial charge in [-0.3, -0.25) is 4.99 Å². The van der Waals surface area contributed by atoms with Gasteiger partial charge in [0, 0.05) is 38.1 Å². The van der Waals surface area contributed by atoms with Crippen LogP contribution in [0.3, 0.4) is 0 Å². The van der Waals surface area contributed by atoms with Crippen LogP contribution in [0.25, 0.3) is 0 Å². The van der Waals surface area contributed by atoms with Gasteiger partial charge in [-0.1, -0.05) is 13.8 Å². The van der Waals surface area contributed by atoms with Gasteiger partial charge < -0.3 is 24.7 Å². The highest BCUT2D eigenvalue weighted by Gasteiger charge is 2.12. The molecule has 0 amide bonds. The number of halogens is 3. The van der Waals surface area contributed by atoms with Crippen molar-refractivity contribution in [3.05, 3.63) is 42.0 Å². The molecule has 10 heteroatoms. The topological polar surface area (TPSA) is 72.7 Å². The number of hydrogen-bond acceptors (Lipinski definition) is 4. The monoisotopic (exact) mass is 523 g/mol. The summed E-state index contributed by atoms with van der Waals surface area (Å²) in [4.78, 5) is 8.52. The van der Waals surface area contributed by atoms with Crippen LogP contribution in [0.5, 0.6) is 11.5 Å². The van der Waals surface area contributed by atoms with Crippen LogP contribution in [-0.4, -0.2) is 36.3 Å². The van der Waals surface area contributed by atoms with E-state index >= 15 is 0 Å². The summed E-state index contributed by atoms with van der Waals surface area (Å²) in [5.74, 6) is 2.56. The van der Waals surface area contributed by atoms with E-state index < -0.39 is 6.61 Å². The lowest BCUT2D eigenvalue weighted by atomic mass is 10.2. The first-order valence-electron chi connectivity index (χ1n) is 8.99. The first-order chi connectivity index (χ1) is 13.4. The van der Waals surface area contributed by atoms with Crippen LogP contribution >= 0.6 is 24.0 Å². The number of alkyl halides is 2. The highest BCUT2D eigenvalue weighted by atomic mass is 127. The molecule has 0 atom stereocenters. The largest absolute Gasteiger partial charge is 0.497 e. The predicted octanol–water partition coefficient (Wildman–Crippen LogP) is 3.63. The molecule has 0 aliphatic carbocycles. The number of imidazole rings is 1. The zero-order valence-electron chi connectivity index (χ0n) is 17.0. The Morgan fingerprint density at radius 2 is 1.97 bits per heavy atom. The molecule has 1 heterocycles. The minimum atomic E-state index is -2.90. The third-order valence-corrected chi connectivity index (χ3v) is 3.93. The van der Waals surface area contributed by atoms with Crippen molar-refractivity contribution < 1.29 is 18.3 Å². The van der Waals surface area contributed by atoms with E-state index in [4.69, 9.17) is 4.74 Å². The molecule has 0 aliphatic heterocycles. The minimum absolute atomic E-state index is 0. The van der Waals surface area contributed by atoms with Crippen molar-refractivity contribution in [1.29, 1.82) is 0 Å². The standard InChI is InChI=1S/C19H27F2N5O2.HI/c1-13(2)12-26-8-7-23-17(26)11-25-19(22-3)24-10-14-9-15(27-4)5-6-16(14)28-18(20)21;/h5-9,13,18H,10-12H2,1-4H3,(H2,22,24,25);1H. The number of nitrogens with one attached hydrogen (secondary N) is 2. The summed E-state index contributed by atoms with van der Waals surface area (Å²) >= 11 is 0. The predicted molar refractivity (Wildman–Crippen MR) is 119 cm³/mol. The summed E-state index contributed by atoms with van der Waals surface area (Å²) < 4.78 is 37.1. The Morgan fingerprint density at radius 1 is 1.24 bits per heavy atom. The molecule has 0 radical (unpaired) electrons. The summed E-state index contributed by atoms with van der Waals surface area (Å²) in [7, 11) is 3.15. The van der Waals surface area contributed by atoms with E-state index in [9.17, 15) is 8.78 Å². The number of benzene rings is 1. The van der Waals surface area contributed by atoms with E-state index in [1.807, 2.05) is 6.20 Å². The number of aromatic nitrogens is 2. The van der Waals surface area contributed by atoms with Gasteiger partial charge in [-0.25, -0.2) is 4.98 Å². The number of hydrogen-bond donors (Lipinski definition) is 2. The van der Waals surface area contributed by atoms with Crippen molar-refractivity contribution in [2.24, 2.45) is 10.9 Å². The Labute approximate surface area is 186 Å². The molecule has 29 heavy (non-hydrogen) atoms. The van der Waals surface area contributed by atoms with Gasteiger partial charge in [-0.2, -0.15) is 8.78 Å². The Balaban J connectivity index is 0.00000420. The van der Waals surface area contributed by atoms with Crippen molar-refractivity contribution >= 4 is 29.9 Å². The second-order valence-corrected chi connectivity index (χ2v) is 6.52. The molecule has 0 unspecified atom stereocenters. The van der Waals surface area contributed by atoms with E-state index in [2.05, 4.69) is 43.8 Å². The third-order valence-electron chi connectivity index (χ3n) is 3.93. The van der Waals surface area contributed by atoms with Crippen LogP contribution in [0, 0.1) is 5.92 Å². The van der Waals surface area contributed by atoms with Gasteiger partial charge in [0.1, 0.15) is 17.3 Å². The molecule has 0 saturated carbocycles. The van der Waals surface area contributed by atoms with E-state index in [0.29, 0.717) is 29.7 Å². The maximum Gasteiger partial charge on any atom is 0.387 e. The fourth-order valence-corrected chi connectivity index (χ4v) is 2.66. The van der Waals surface area contributed by atoms with Crippen LogP contribution in [0.2, 0.25) is 0 Å². The Bertz CT molecular complexity index is 784. The molecular formula is C19H28F2IN5O2. The van der Waals surface area contributed by atoms with Gasteiger partial charge in [-0.15, -0.1) is 24.0 Å². The number of nitrogens with zero attached hydrogens (tertiary/aromatic N) is 3. The zero-order valence-corrected chi connectivity index (χ0v) is 19.3. The normalized spacial score (nSPS) is 11.4. The van der Waals surface area contributed by atoms with E-state index in [-0.39, 0.29) is 36.3 Å². The van der Waals surface area contributed by atoms with E-state index in [1.54, 1.807) is 25.4 Å². The Kier molecular flexibility index (Phi) is 10.7. The molecule has 1 aromatic heterocycles. The number of rotatable bonds is 9. The molecule has 0 aliphatic rings. The molecule has 2 rings (SSSR count). The van der Waals surface area contributed by atoms with Crippen molar-refractivity contribution in [3.8, 4) is 11.5 Å². The molecule has 7 nitrogen and oxygen atoms in total. The first kappa shape index (κ1) is 24.9. The minimum Gasteiger partial charge on any atom is -0.497 e. The van der Waals surface area contributed by atoms with Crippen molar-refractivity contribution in [2.75, 3.05) is 14.2 Å². The Morgan fingerprint density at radius 3 is 2.59 bits per heavy atom. The number of guanidine groups is 1. The van der Waals surface area contributed by atoms with E-state index in [0.717, 1.165) is 12.4 Å². The Hall–Kier alpha value is -2.11. The summed E-state index contributed by atoms with van der Waals surface area (Å²) in [6, 6.07) is 4.68. The lowest BCUT2D eigenvalue weighted by Gasteiger charge is -2.16. The summed E-state index contributed by atoms with van der Waals surface area (Å²) in [6.45, 7) is 2.98. The molecule has 0 saturated heterocycles. The third kappa shape index (κ3) is 8.03. The lowest BCUT2D eigenvalue weighted by molar-refractivity contribution is -0.0504. The molecule has 0 fully saturated rings. The highest BCUT2D eigenvalue weighted by Crippen LogP contribution is 2.25. The second-order valence-electron chi connectivity index (χ2n) is 6.52.